The lowest BCUT2D eigenvalue weighted by Gasteiger charge is -2.25. The number of fused-ring (bicyclic) bond motifs is 1. The highest BCUT2D eigenvalue weighted by Gasteiger charge is 2.74. The fourth-order valence-corrected chi connectivity index (χ4v) is 3.84. The lowest BCUT2D eigenvalue weighted by atomic mass is 10.3. The number of halogens is 10. The summed E-state index contributed by atoms with van der Waals surface area (Å²) < 4.78 is 149. The second kappa shape index (κ2) is 8.07. The van der Waals surface area contributed by atoms with Crippen LogP contribution in [0, 0.1) is 0 Å². The van der Waals surface area contributed by atoms with Crippen LogP contribution in [0.5, 0.6) is 0 Å². The number of alkyl halides is 10. The Kier molecular flexibility index (Phi) is 7.15. The van der Waals surface area contributed by atoms with E-state index < -0.39 is 44.7 Å². The normalized spacial score (nSPS) is 13.9. The van der Waals surface area contributed by atoms with Crippen molar-refractivity contribution in [1.82, 2.24) is 0 Å². The van der Waals surface area contributed by atoms with Crippen LogP contribution in [0.3, 0.4) is 0 Å². The molecule has 0 radical (unpaired) electrons. The SMILES string of the molecule is C[n+]1c(SC(F)(F)C(F)(F)C(F)(F)F)sc2ccccc21.O=S(=O)([O-])C(F)(F)F. The molecule has 166 valence electrons. The molecular weight excluding hydrogens is 492 g/mol. The van der Waals surface area contributed by atoms with Gasteiger partial charge in [-0.1, -0.05) is 23.5 Å². The highest BCUT2D eigenvalue weighted by molar-refractivity contribution is 8.02. The van der Waals surface area contributed by atoms with E-state index in [0.29, 0.717) is 10.2 Å². The van der Waals surface area contributed by atoms with Gasteiger partial charge in [-0.3, -0.25) is 0 Å². The first-order chi connectivity index (χ1) is 12.7. The highest BCUT2D eigenvalue weighted by atomic mass is 32.2. The molecule has 1 heterocycles. The van der Waals surface area contributed by atoms with Gasteiger partial charge in [0.1, 0.15) is 11.7 Å². The Hall–Kier alpha value is -1.33. The van der Waals surface area contributed by atoms with E-state index in [-0.39, 0.29) is 4.34 Å². The lowest BCUT2D eigenvalue weighted by Crippen LogP contribution is -2.50. The summed E-state index contributed by atoms with van der Waals surface area (Å²) in [5, 5.41) is -5.30. The Labute approximate surface area is 163 Å². The Balaban J connectivity index is 0.000000447. The number of thiazole rings is 1. The summed E-state index contributed by atoms with van der Waals surface area (Å²) in [7, 11) is -4.77. The van der Waals surface area contributed by atoms with Gasteiger partial charge in [0.25, 0.3) is 0 Å². The van der Waals surface area contributed by atoms with Crippen LogP contribution in [0.4, 0.5) is 43.9 Å². The van der Waals surface area contributed by atoms with Crippen molar-refractivity contribution in [3.63, 3.8) is 0 Å². The molecule has 0 amide bonds. The standard InChI is InChI=1S/C11H7F7NS2.CHF3O3S/c1-19-6-4-2-3-5-7(6)20-8(19)21-11(17,18)9(12,13)10(14,15)16;2-1(3,4)8(5,6)7/h2-5H,1H3;(H,5,6,7)/q+1;/p-1. The van der Waals surface area contributed by atoms with Gasteiger partial charge < -0.3 is 4.55 Å². The van der Waals surface area contributed by atoms with E-state index in [1.807, 2.05) is 0 Å². The molecule has 2 rings (SSSR count). The third-order valence-corrected chi connectivity index (χ3v) is 5.96. The van der Waals surface area contributed by atoms with Crippen molar-refractivity contribution in [2.45, 2.75) is 27.2 Å². The minimum atomic E-state index is -6.32. The first-order valence-corrected chi connectivity index (χ1v) is 9.67. The monoisotopic (exact) mass is 499 g/mol. The molecular formula is C12H7F10NO3S3. The predicted octanol–water partition coefficient (Wildman–Crippen LogP) is 4.66. The zero-order valence-corrected chi connectivity index (χ0v) is 15.9. The number of aromatic nitrogens is 1. The minimum absolute atomic E-state index is 0.342. The van der Waals surface area contributed by atoms with Crippen molar-refractivity contribution in [2.24, 2.45) is 7.05 Å². The average molecular weight is 499 g/mol. The summed E-state index contributed by atoms with van der Waals surface area (Å²) in [5.74, 6) is -6.12. The Morgan fingerprint density at radius 1 is 0.966 bits per heavy atom. The summed E-state index contributed by atoms with van der Waals surface area (Å²) in [4.78, 5) is 0. The Morgan fingerprint density at radius 3 is 1.79 bits per heavy atom. The van der Waals surface area contributed by atoms with E-state index in [0.717, 1.165) is 15.9 Å². The molecule has 0 saturated carbocycles. The molecule has 29 heavy (non-hydrogen) atoms. The molecule has 4 nitrogen and oxygen atoms in total. The van der Waals surface area contributed by atoms with Gasteiger partial charge in [-0.15, -0.1) is 0 Å². The van der Waals surface area contributed by atoms with Crippen LogP contribution in [0.15, 0.2) is 28.6 Å². The smallest absolute Gasteiger partial charge is 0.485 e. The van der Waals surface area contributed by atoms with Gasteiger partial charge in [-0.2, -0.15) is 48.5 Å². The van der Waals surface area contributed by atoms with Crippen molar-refractivity contribution in [1.29, 1.82) is 0 Å². The predicted molar refractivity (Wildman–Crippen MR) is 80.6 cm³/mol. The van der Waals surface area contributed by atoms with Crippen molar-refractivity contribution in [3.05, 3.63) is 24.3 Å². The molecule has 0 aliphatic heterocycles. The topological polar surface area (TPSA) is 61.1 Å². The maximum atomic E-state index is 13.4. The number of thioether (sulfide) groups is 1. The molecule has 0 spiro atoms. The van der Waals surface area contributed by atoms with Crippen LogP contribution in [0.2, 0.25) is 0 Å². The third-order valence-electron chi connectivity index (χ3n) is 2.92. The second-order valence-corrected chi connectivity index (χ2v) is 8.75. The summed E-state index contributed by atoms with van der Waals surface area (Å²) >= 11 is -0.0670. The molecule has 1 aromatic carbocycles. The third kappa shape index (κ3) is 5.64. The van der Waals surface area contributed by atoms with Crippen LogP contribution < -0.4 is 4.57 Å². The molecule has 0 aliphatic carbocycles. The molecule has 0 aliphatic rings. The van der Waals surface area contributed by atoms with Crippen LogP contribution >= 0.6 is 23.1 Å². The quantitative estimate of drug-likeness (QED) is 0.203. The number of nitrogens with zero attached hydrogens (tertiary/aromatic N) is 1. The Morgan fingerprint density at radius 2 is 1.41 bits per heavy atom. The molecule has 0 bridgehead atoms. The van der Waals surface area contributed by atoms with E-state index >= 15 is 0 Å². The first-order valence-electron chi connectivity index (χ1n) is 6.63. The van der Waals surface area contributed by atoms with E-state index in [4.69, 9.17) is 13.0 Å². The van der Waals surface area contributed by atoms with Gasteiger partial charge >= 0.3 is 27.2 Å². The fraction of sp³-hybridized carbons (Fsp3) is 0.417. The number of aryl methyl sites for hydroxylation is 1. The van der Waals surface area contributed by atoms with Gasteiger partial charge in [0, 0.05) is 17.8 Å². The molecule has 0 N–H and O–H groups in total. The van der Waals surface area contributed by atoms with Crippen LogP contribution in [-0.2, 0) is 17.2 Å². The molecule has 17 heteroatoms. The van der Waals surface area contributed by atoms with E-state index in [2.05, 4.69) is 0 Å². The van der Waals surface area contributed by atoms with E-state index in [9.17, 15) is 43.9 Å². The number of rotatable bonds is 3. The zero-order chi connectivity index (χ0) is 23.1. The molecule has 0 atom stereocenters. The maximum absolute atomic E-state index is 13.4. The number of para-hydroxylation sites is 1. The van der Waals surface area contributed by atoms with Crippen molar-refractivity contribution >= 4 is 43.4 Å². The van der Waals surface area contributed by atoms with Crippen LogP contribution in [0.1, 0.15) is 0 Å². The molecule has 0 fully saturated rings. The Bertz CT molecular complexity index is 966. The maximum Gasteiger partial charge on any atom is 0.485 e. The van der Waals surface area contributed by atoms with E-state index in [1.54, 1.807) is 24.3 Å². The van der Waals surface area contributed by atoms with Crippen LogP contribution in [-0.4, -0.2) is 35.8 Å². The molecule has 1 aromatic heterocycles. The fourth-order valence-electron chi connectivity index (χ4n) is 1.51. The number of benzene rings is 1. The van der Waals surface area contributed by atoms with Crippen LogP contribution in [0.25, 0.3) is 10.2 Å². The summed E-state index contributed by atoms with van der Waals surface area (Å²) in [6, 6.07) is 6.32. The average Bonchev–Trinajstić information content (AvgIpc) is 2.81. The van der Waals surface area contributed by atoms with Gasteiger partial charge in [-0.05, 0) is 6.07 Å². The van der Waals surface area contributed by atoms with Gasteiger partial charge in [0.05, 0.1) is 0 Å². The molecule has 0 unspecified atom stereocenters. The first kappa shape index (κ1) is 25.7. The zero-order valence-electron chi connectivity index (χ0n) is 13.5. The largest absolute Gasteiger partial charge is 0.741 e. The summed E-state index contributed by atoms with van der Waals surface area (Å²) in [6.07, 6.45) is -6.32. The van der Waals surface area contributed by atoms with Gasteiger partial charge in [-0.25, -0.2) is 8.42 Å². The summed E-state index contributed by atoms with van der Waals surface area (Å²) in [6.45, 7) is 0. The highest BCUT2D eigenvalue weighted by Crippen LogP contribution is 2.54. The van der Waals surface area contributed by atoms with Crippen molar-refractivity contribution < 1.29 is 61.4 Å². The van der Waals surface area contributed by atoms with E-state index in [1.165, 1.54) is 7.05 Å². The second-order valence-electron chi connectivity index (χ2n) is 4.99. The van der Waals surface area contributed by atoms with Gasteiger partial charge in [0.2, 0.25) is 5.52 Å². The van der Waals surface area contributed by atoms with Gasteiger partial charge in [0.15, 0.2) is 10.1 Å². The molecule has 2 aromatic rings. The van der Waals surface area contributed by atoms with Crippen molar-refractivity contribution in [2.75, 3.05) is 0 Å². The number of hydrogen-bond acceptors (Lipinski definition) is 5. The number of hydrogen-bond donors (Lipinski definition) is 0. The minimum Gasteiger partial charge on any atom is -0.741 e. The summed E-state index contributed by atoms with van der Waals surface area (Å²) in [5.41, 5.74) is -5.18. The van der Waals surface area contributed by atoms with Crippen molar-refractivity contribution in [3.8, 4) is 0 Å². The molecule has 0 saturated heterocycles. The lowest BCUT2D eigenvalue weighted by molar-refractivity contribution is -0.677.